The van der Waals surface area contributed by atoms with E-state index >= 15 is 0 Å². The summed E-state index contributed by atoms with van der Waals surface area (Å²) >= 11 is 0. The van der Waals surface area contributed by atoms with E-state index in [2.05, 4.69) is 5.32 Å². The predicted octanol–water partition coefficient (Wildman–Crippen LogP) is 2.32. The van der Waals surface area contributed by atoms with Gasteiger partial charge >= 0.3 is 6.09 Å². The number of aliphatic hydroxyl groups excluding tert-OH is 1. The van der Waals surface area contributed by atoms with Gasteiger partial charge in [-0.05, 0) is 30.2 Å². The fraction of sp³-hybridized carbons (Fsp3) is 0.562. The molecule has 0 aromatic heterocycles. The molecule has 4 atom stereocenters. The van der Waals surface area contributed by atoms with Gasteiger partial charge in [0.2, 0.25) is 0 Å². The highest BCUT2D eigenvalue weighted by atomic mass is 16.5. The lowest BCUT2D eigenvalue weighted by Gasteiger charge is -2.48. The normalized spacial score (nSPS) is 31.2. The molecule has 0 aliphatic heterocycles. The van der Waals surface area contributed by atoms with Gasteiger partial charge in [0.1, 0.15) is 6.61 Å². The first kappa shape index (κ1) is 13.4. The van der Waals surface area contributed by atoms with Crippen molar-refractivity contribution in [3.8, 4) is 0 Å². The van der Waals surface area contributed by atoms with E-state index in [9.17, 15) is 9.90 Å². The Hall–Kier alpha value is -1.55. The molecule has 0 radical (unpaired) electrons. The Labute approximate surface area is 119 Å². The quantitative estimate of drug-likeness (QED) is 0.886. The number of amides is 1. The highest BCUT2D eigenvalue weighted by molar-refractivity contribution is 5.68. The van der Waals surface area contributed by atoms with E-state index in [0.29, 0.717) is 11.8 Å². The van der Waals surface area contributed by atoms with Crippen molar-refractivity contribution in [3.63, 3.8) is 0 Å². The van der Waals surface area contributed by atoms with Crippen LogP contribution in [-0.4, -0.2) is 23.8 Å². The van der Waals surface area contributed by atoms with Crippen molar-refractivity contribution in [1.29, 1.82) is 0 Å². The van der Waals surface area contributed by atoms with Crippen molar-refractivity contribution in [2.45, 2.75) is 31.9 Å². The Balaban J connectivity index is 1.49. The zero-order valence-electron chi connectivity index (χ0n) is 11.5. The monoisotopic (exact) mass is 275 g/mol. The number of fused-ring (bicyclic) bond motifs is 1. The van der Waals surface area contributed by atoms with Crippen LogP contribution in [0.5, 0.6) is 0 Å². The van der Waals surface area contributed by atoms with E-state index in [0.717, 1.165) is 12.0 Å². The van der Waals surface area contributed by atoms with Gasteiger partial charge in [-0.1, -0.05) is 36.8 Å². The van der Waals surface area contributed by atoms with E-state index in [1.54, 1.807) is 0 Å². The van der Waals surface area contributed by atoms with Crippen molar-refractivity contribution >= 4 is 6.09 Å². The molecule has 0 saturated heterocycles. The molecule has 1 amide bonds. The van der Waals surface area contributed by atoms with Crippen LogP contribution in [0.4, 0.5) is 4.79 Å². The smallest absolute Gasteiger partial charge is 0.407 e. The summed E-state index contributed by atoms with van der Waals surface area (Å²) < 4.78 is 5.24. The molecule has 3 rings (SSSR count). The SMILES string of the molecule is O=C(N[C@H]1[C@H](CO)[C@@H]2CCC[C@@H]21)OCc1ccccc1. The van der Waals surface area contributed by atoms with Gasteiger partial charge in [0.15, 0.2) is 0 Å². The molecule has 2 saturated carbocycles. The number of hydrogen-bond acceptors (Lipinski definition) is 3. The van der Waals surface area contributed by atoms with Gasteiger partial charge in [0.05, 0.1) is 0 Å². The first-order chi connectivity index (χ1) is 9.79. The molecule has 2 aliphatic rings. The van der Waals surface area contributed by atoms with Crippen LogP contribution in [0.3, 0.4) is 0 Å². The van der Waals surface area contributed by atoms with E-state index in [1.165, 1.54) is 12.8 Å². The molecule has 1 aromatic carbocycles. The third kappa shape index (κ3) is 2.52. The summed E-state index contributed by atoms with van der Waals surface area (Å²) in [6.45, 7) is 0.447. The lowest BCUT2D eigenvalue weighted by molar-refractivity contribution is -0.00401. The molecule has 0 spiro atoms. The van der Waals surface area contributed by atoms with Gasteiger partial charge in [-0.25, -0.2) is 4.79 Å². The Morgan fingerprint density at radius 2 is 2.00 bits per heavy atom. The number of nitrogens with one attached hydrogen (secondary N) is 1. The molecule has 4 nitrogen and oxygen atoms in total. The van der Waals surface area contributed by atoms with Crippen molar-refractivity contribution in [3.05, 3.63) is 35.9 Å². The number of aliphatic hydroxyl groups is 1. The molecule has 0 bridgehead atoms. The summed E-state index contributed by atoms with van der Waals surface area (Å²) in [5.74, 6) is 1.35. The zero-order chi connectivity index (χ0) is 13.9. The summed E-state index contributed by atoms with van der Waals surface area (Å²) in [5, 5.41) is 12.4. The van der Waals surface area contributed by atoms with Gasteiger partial charge < -0.3 is 15.2 Å². The maximum atomic E-state index is 11.9. The Morgan fingerprint density at radius 3 is 2.75 bits per heavy atom. The van der Waals surface area contributed by atoms with Crippen LogP contribution >= 0.6 is 0 Å². The average molecular weight is 275 g/mol. The highest BCUT2D eigenvalue weighted by Gasteiger charge is 2.52. The van der Waals surface area contributed by atoms with E-state index in [-0.39, 0.29) is 31.3 Å². The van der Waals surface area contributed by atoms with Gasteiger partial charge in [-0.2, -0.15) is 0 Å². The molecule has 2 fully saturated rings. The van der Waals surface area contributed by atoms with Crippen molar-refractivity contribution in [1.82, 2.24) is 5.32 Å². The summed E-state index contributed by atoms with van der Waals surface area (Å²) in [6.07, 6.45) is 3.18. The van der Waals surface area contributed by atoms with Crippen LogP contribution in [0, 0.1) is 17.8 Å². The minimum absolute atomic E-state index is 0.0933. The highest BCUT2D eigenvalue weighted by Crippen LogP contribution is 2.50. The van der Waals surface area contributed by atoms with Crippen molar-refractivity contribution < 1.29 is 14.6 Å². The van der Waals surface area contributed by atoms with Crippen LogP contribution in [0.1, 0.15) is 24.8 Å². The topological polar surface area (TPSA) is 58.6 Å². The first-order valence-electron chi connectivity index (χ1n) is 7.37. The third-order valence-corrected chi connectivity index (χ3v) is 4.81. The molecular formula is C16H21NO3. The van der Waals surface area contributed by atoms with Crippen molar-refractivity contribution in [2.75, 3.05) is 6.61 Å². The predicted molar refractivity (Wildman–Crippen MR) is 75.0 cm³/mol. The summed E-state index contributed by atoms with van der Waals surface area (Å²) in [4.78, 5) is 11.9. The molecule has 2 aliphatic carbocycles. The van der Waals surface area contributed by atoms with E-state index in [4.69, 9.17) is 4.74 Å². The lowest BCUT2D eigenvalue weighted by atomic mass is 9.62. The second kappa shape index (κ2) is 5.83. The minimum atomic E-state index is -0.373. The van der Waals surface area contributed by atoms with Crippen LogP contribution in [0.25, 0.3) is 0 Å². The molecule has 2 N–H and O–H groups in total. The van der Waals surface area contributed by atoms with E-state index in [1.807, 2.05) is 30.3 Å². The number of alkyl carbamates (subject to hydrolysis) is 1. The molecule has 4 heteroatoms. The lowest BCUT2D eigenvalue weighted by Crippen LogP contribution is -2.59. The standard InChI is InChI=1S/C16H21NO3/c18-9-14-12-7-4-8-13(12)15(14)17-16(19)20-10-11-5-2-1-3-6-11/h1-3,5-6,12-15,18H,4,7-10H2,(H,17,19)/t12-,13+,14-,15-/m1/s1. The van der Waals surface area contributed by atoms with Crippen LogP contribution in [-0.2, 0) is 11.3 Å². The zero-order valence-corrected chi connectivity index (χ0v) is 11.5. The third-order valence-electron chi connectivity index (χ3n) is 4.81. The Morgan fingerprint density at radius 1 is 1.25 bits per heavy atom. The largest absolute Gasteiger partial charge is 0.445 e. The van der Waals surface area contributed by atoms with Crippen LogP contribution in [0.15, 0.2) is 30.3 Å². The van der Waals surface area contributed by atoms with Crippen LogP contribution < -0.4 is 5.32 Å². The molecule has 0 unspecified atom stereocenters. The van der Waals surface area contributed by atoms with Gasteiger partial charge in [0.25, 0.3) is 0 Å². The average Bonchev–Trinajstić information content (AvgIpc) is 2.89. The summed E-state index contributed by atoms with van der Waals surface area (Å²) in [6, 6.07) is 9.74. The molecule has 108 valence electrons. The number of hydrogen-bond donors (Lipinski definition) is 2. The summed E-state index contributed by atoms with van der Waals surface area (Å²) in [5.41, 5.74) is 0.980. The second-order valence-corrected chi connectivity index (χ2v) is 5.84. The number of rotatable bonds is 4. The van der Waals surface area contributed by atoms with Crippen molar-refractivity contribution in [2.24, 2.45) is 17.8 Å². The molecule has 0 heterocycles. The van der Waals surface area contributed by atoms with Crippen LogP contribution in [0.2, 0.25) is 0 Å². The molecule has 20 heavy (non-hydrogen) atoms. The Bertz CT molecular complexity index is 462. The number of carbonyl (C=O) groups is 1. The number of ether oxygens (including phenoxy) is 1. The maximum Gasteiger partial charge on any atom is 0.407 e. The van der Waals surface area contributed by atoms with Gasteiger partial charge in [0, 0.05) is 18.6 Å². The summed E-state index contributed by atoms with van der Waals surface area (Å²) in [7, 11) is 0. The first-order valence-corrected chi connectivity index (χ1v) is 7.37. The van der Waals surface area contributed by atoms with Gasteiger partial charge in [-0.3, -0.25) is 0 Å². The molecule has 1 aromatic rings. The second-order valence-electron chi connectivity index (χ2n) is 5.84. The number of carbonyl (C=O) groups excluding carboxylic acids is 1. The number of benzene rings is 1. The minimum Gasteiger partial charge on any atom is -0.445 e. The Kier molecular flexibility index (Phi) is 3.92. The van der Waals surface area contributed by atoms with E-state index < -0.39 is 0 Å². The maximum absolute atomic E-state index is 11.9. The fourth-order valence-electron chi connectivity index (χ4n) is 3.80. The molecular weight excluding hydrogens is 254 g/mol. The fourth-order valence-corrected chi connectivity index (χ4v) is 3.80. The van der Waals surface area contributed by atoms with Gasteiger partial charge in [-0.15, -0.1) is 0 Å².